The Morgan fingerprint density at radius 3 is 2.96 bits per heavy atom. The highest BCUT2D eigenvalue weighted by atomic mass is 32.1. The summed E-state index contributed by atoms with van der Waals surface area (Å²) in [4.78, 5) is 22.4. The second-order valence-electron chi connectivity index (χ2n) is 5.68. The molecule has 126 valence electrons. The lowest BCUT2D eigenvalue weighted by atomic mass is 10.2. The van der Waals surface area contributed by atoms with Crippen molar-refractivity contribution < 1.29 is 9.21 Å². The van der Waals surface area contributed by atoms with Crippen LogP contribution in [0.5, 0.6) is 0 Å². The molecule has 7 nitrogen and oxygen atoms in total. The molecule has 8 heteroatoms. The Bertz CT molecular complexity index is 828. The molecule has 24 heavy (non-hydrogen) atoms. The number of nitrogens with zero attached hydrogens (tertiary/aromatic N) is 3. The molecule has 2 amide bonds. The van der Waals surface area contributed by atoms with Gasteiger partial charge in [-0.15, -0.1) is 11.3 Å². The maximum Gasteiger partial charge on any atom is 0.319 e. The lowest BCUT2D eigenvalue weighted by Gasteiger charge is -2.11. The number of carbonyl (C=O) groups is 1. The fourth-order valence-corrected chi connectivity index (χ4v) is 2.87. The number of aromatic nitrogens is 2. The Labute approximate surface area is 143 Å². The first-order valence-electron chi connectivity index (χ1n) is 7.55. The Kier molecular flexibility index (Phi) is 4.66. The second kappa shape index (κ2) is 6.88. The Balaban J connectivity index is 1.60. The molecule has 0 spiro atoms. The molecule has 1 aromatic carbocycles. The molecule has 0 aliphatic rings. The number of urea groups is 1. The third-order valence-corrected chi connectivity index (χ3v) is 4.47. The fraction of sp³-hybridized carbons (Fsp3) is 0.312. The number of hydrogen-bond acceptors (Lipinski definition) is 6. The minimum absolute atomic E-state index is 0.176. The molecule has 0 saturated heterocycles. The molecular formula is C16H19N5O2S. The van der Waals surface area contributed by atoms with E-state index in [0.29, 0.717) is 23.8 Å². The molecule has 0 saturated carbocycles. The summed E-state index contributed by atoms with van der Waals surface area (Å²) in [6.07, 6.45) is 1.77. The molecule has 2 N–H and O–H groups in total. The van der Waals surface area contributed by atoms with Crippen LogP contribution in [-0.2, 0) is 0 Å². The minimum Gasteiger partial charge on any atom is -0.423 e. The van der Waals surface area contributed by atoms with E-state index in [1.165, 1.54) is 0 Å². The smallest absolute Gasteiger partial charge is 0.319 e. The number of anilines is 2. The van der Waals surface area contributed by atoms with Gasteiger partial charge in [0.05, 0.1) is 5.01 Å². The number of amides is 2. The number of hydrogen-bond donors (Lipinski definition) is 2. The molecule has 0 radical (unpaired) electrons. The van der Waals surface area contributed by atoms with Crippen LogP contribution < -0.4 is 15.5 Å². The number of benzene rings is 1. The quantitative estimate of drug-likeness (QED) is 0.741. The van der Waals surface area contributed by atoms with E-state index in [1.807, 2.05) is 32.5 Å². The normalized spacial score (nSPS) is 12.1. The van der Waals surface area contributed by atoms with Crippen molar-refractivity contribution in [2.75, 3.05) is 30.9 Å². The van der Waals surface area contributed by atoms with Gasteiger partial charge in [-0.25, -0.2) is 9.78 Å². The molecule has 3 rings (SSSR count). The molecule has 2 heterocycles. The van der Waals surface area contributed by atoms with Gasteiger partial charge in [0.2, 0.25) is 0 Å². The van der Waals surface area contributed by atoms with Crippen LogP contribution in [0.3, 0.4) is 0 Å². The maximum absolute atomic E-state index is 12.0. The van der Waals surface area contributed by atoms with Gasteiger partial charge in [-0.05, 0) is 12.1 Å². The predicted molar refractivity (Wildman–Crippen MR) is 95.9 cm³/mol. The zero-order valence-corrected chi connectivity index (χ0v) is 14.6. The van der Waals surface area contributed by atoms with Crippen LogP contribution in [0.2, 0.25) is 0 Å². The van der Waals surface area contributed by atoms with Crippen LogP contribution in [0.1, 0.15) is 17.8 Å². The highest BCUT2D eigenvalue weighted by Crippen LogP contribution is 2.23. The summed E-state index contributed by atoms with van der Waals surface area (Å²) in [5.74, 6) is 0.176. The lowest BCUT2D eigenvalue weighted by Crippen LogP contribution is -2.31. The Hall–Kier alpha value is -2.61. The highest BCUT2D eigenvalue weighted by molar-refractivity contribution is 7.09. The van der Waals surface area contributed by atoms with Gasteiger partial charge in [0.25, 0.3) is 6.01 Å². The standard InChI is InChI=1S/C16H19N5O2S/c1-10(14-17-6-7-24-14)9-18-15(22)19-11-4-5-12-13(8-11)23-16(20-12)21(2)3/h4-8,10H,9H2,1-3H3,(H2,18,19,22)/t10-/m1/s1. The third-order valence-electron chi connectivity index (χ3n) is 3.46. The lowest BCUT2D eigenvalue weighted by molar-refractivity contribution is 0.251. The average molecular weight is 345 g/mol. The van der Waals surface area contributed by atoms with E-state index in [4.69, 9.17) is 4.42 Å². The summed E-state index contributed by atoms with van der Waals surface area (Å²) in [7, 11) is 3.72. The predicted octanol–water partition coefficient (Wildman–Crippen LogP) is 3.28. The van der Waals surface area contributed by atoms with E-state index in [2.05, 4.69) is 20.6 Å². The first-order valence-corrected chi connectivity index (χ1v) is 8.43. The average Bonchev–Trinajstić information content (AvgIpc) is 3.21. The van der Waals surface area contributed by atoms with Gasteiger partial charge in [0.15, 0.2) is 5.58 Å². The molecule has 0 aliphatic heterocycles. The summed E-state index contributed by atoms with van der Waals surface area (Å²) in [5, 5.41) is 8.60. The van der Waals surface area contributed by atoms with Crippen LogP contribution in [-0.4, -0.2) is 36.6 Å². The Morgan fingerprint density at radius 1 is 1.42 bits per heavy atom. The zero-order valence-electron chi connectivity index (χ0n) is 13.7. The largest absolute Gasteiger partial charge is 0.423 e. The van der Waals surface area contributed by atoms with Gasteiger partial charge in [-0.1, -0.05) is 6.92 Å². The summed E-state index contributed by atoms with van der Waals surface area (Å²) in [5.41, 5.74) is 2.04. The van der Waals surface area contributed by atoms with Gasteiger partial charge in [-0.3, -0.25) is 0 Å². The number of nitrogens with one attached hydrogen (secondary N) is 2. The number of fused-ring (bicyclic) bond motifs is 1. The van der Waals surface area contributed by atoms with Crippen molar-refractivity contribution in [3.63, 3.8) is 0 Å². The van der Waals surface area contributed by atoms with Gasteiger partial charge < -0.3 is 20.0 Å². The highest BCUT2D eigenvalue weighted by Gasteiger charge is 2.11. The molecule has 0 fully saturated rings. The van der Waals surface area contributed by atoms with Gasteiger partial charge in [0, 0.05) is 49.9 Å². The molecule has 1 atom stereocenters. The molecule has 0 unspecified atom stereocenters. The minimum atomic E-state index is -0.259. The first kappa shape index (κ1) is 16.3. The first-order chi connectivity index (χ1) is 11.5. The van der Waals surface area contributed by atoms with Crippen LogP contribution >= 0.6 is 11.3 Å². The topological polar surface area (TPSA) is 83.3 Å². The number of oxazole rings is 1. The van der Waals surface area contributed by atoms with Crippen LogP contribution in [0.25, 0.3) is 11.1 Å². The van der Waals surface area contributed by atoms with Gasteiger partial charge >= 0.3 is 6.03 Å². The van der Waals surface area contributed by atoms with Crippen molar-refractivity contribution in [1.82, 2.24) is 15.3 Å². The molecule has 0 aliphatic carbocycles. The summed E-state index contributed by atoms with van der Waals surface area (Å²) < 4.78 is 5.64. The SMILES string of the molecule is C[C@H](CNC(=O)Nc1ccc2nc(N(C)C)oc2c1)c1nccs1. The van der Waals surface area contributed by atoms with Crippen molar-refractivity contribution >= 4 is 40.2 Å². The number of thiazole rings is 1. The third kappa shape index (κ3) is 3.65. The summed E-state index contributed by atoms with van der Waals surface area (Å²) in [6, 6.07) is 5.65. The van der Waals surface area contributed by atoms with Gasteiger partial charge in [-0.2, -0.15) is 4.98 Å². The van der Waals surface area contributed by atoms with Crippen molar-refractivity contribution in [2.24, 2.45) is 0 Å². The summed E-state index contributed by atoms with van der Waals surface area (Å²) >= 11 is 1.59. The van der Waals surface area contributed by atoms with Crippen molar-refractivity contribution in [2.45, 2.75) is 12.8 Å². The van der Waals surface area contributed by atoms with Gasteiger partial charge in [0.1, 0.15) is 5.52 Å². The van der Waals surface area contributed by atoms with Crippen molar-refractivity contribution in [1.29, 1.82) is 0 Å². The van der Waals surface area contributed by atoms with Crippen LogP contribution in [0.4, 0.5) is 16.5 Å². The van der Waals surface area contributed by atoms with E-state index >= 15 is 0 Å². The molecule has 2 aromatic heterocycles. The van der Waals surface area contributed by atoms with Crippen molar-refractivity contribution in [3.05, 3.63) is 34.8 Å². The van der Waals surface area contributed by atoms with E-state index in [-0.39, 0.29) is 11.9 Å². The Morgan fingerprint density at radius 2 is 2.25 bits per heavy atom. The van der Waals surface area contributed by atoms with E-state index in [0.717, 1.165) is 10.5 Å². The monoisotopic (exact) mass is 345 g/mol. The van der Waals surface area contributed by atoms with Crippen LogP contribution in [0.15, 0.2) is 34.2 Å². The molecule has 3 aromatic rings. The van der Waals surface area contributed by atoms with Crippen LogP contribution in [0, 0.1) is 0 Å². The second-order valence-corrected chi connectivity index (χ2v) is 6.61. The molecular weight excluding hydrogens is 326 g/mol. The van der Waals surface area contributed by atoms with E-state index in [1.54, 1.807) is 34.6 Å². The fourth-order valence-electron chi connectivity index (χ4n) is 2.17. The zero-order chi connectivity index (χ0) is 17.1. The van der Waals surface area contributed by atoms with Crippen molar-refractivity contribution in [3.8, 4) is 0 Å². The number of carbonyl (C=O) groups excluding carboxylic acids is 1. The molecule has 0 bridgehead atoms. The summed E-state index contributed by atoms with van der Waals surface area (Å²) in [6.45, 7) is 2.55. The number of rotatable bonds is 5. The van der Waals surface area contributed by atoms with E-state index in [9.17, 15) is 4.79 Å². The van der Waals surface area contributed by atoms with E-state index < -0.39 is 0 Å². The maximum atomic E-state index is 12.0.